The van der Waals surface area contributed by atoms with Crippen molar-refractivity contribution in [1.29, 1.82) is 0 Å². The van der Waals surface area contributed by atoms with Gasteiger partial charge in [0.05, 0.1) is 5.69 Å². The number of carbonyl (C=O) groups is 3. The number of barbiturate groups is 1. The Morgan fingerprint density at radius 2 is 1.40 bits per heavy atom. The van der Waals surface area contributed by atoms with Crippen molar-refractivity contribution in [3.05, 3.63) is 69.8 Å². The maximum Gasteiger partial charge on any atom is 0.335 e. The first-order valence-electron chi connectivity index (χ1n) is 12.8. The average molecular weight is 469 g/mol. The summed E-state index contributed by atoms with van der Waals surface area (Å²) < 4.78 is 0. The number of hydrogen-bond donors (Lipinski definition) is 1. The van der Waals surface area contributed by atoms with E-state index in [-0.39, 0.29) is 11.0 Å². The lowest BCUT2D eigenvalue weighted by atomic mass is 9.48. The largest absolute Gasteiger partial charge is 0.335 e. The van der Waals surface area contributed by atoms with E-state index in [0.717, 1.165) is 44.9 Å². The minimum absolute atomic E-state index is 0.0233. The summed E-state index contributed by atoms with van der Waals surface area (Å²) in [6.07, 6.45) is 9.58. The van der Waals surface area contributed by atoms with E-state index in [1.165, 1.54) is 44.1 Å². The molecular weight excluding hydrogens is 436 g/mol. The van der Waals surface area contributed by atoms with E-state index < -0.39 is 17.8 Å². The molecule has 5 fully saturated rings. The van der Waals surface area contributed by atoms with E-state index in [2.05, 4.69) is 17.4 Å². The lowest BCUT2D eigenvalue weighted by molar-refractivity contribution is -0.122. The molecule has 7 rings (SSSR count). The van der Waals surface area contributed by atoms with E-state index >= 15 is 0 Å². The van der Waals surface area contributed by atoms with E-state index in [1.54, 1.807) is 6.08 Å². The Balaban J connectivity index is 1.31. The van der Waals surface area contributed by atoms with Crippen molar-refractivity contribution in [1.82, 2.24) is 5.32 Å². The topological polar surface area (TPSA) is 66.5 Å². The van der Waals surface area contributed by atoms with Crippen molar-refractivity contribution in [2.45, 2.75) is 64.7 Å². The van der Waals surface area contributed by atoms with Gasteiger partial charge in [-0.1, -0.05) is 29.8 Å². The molecule has 5 nitrogen and oxygen atoms in total. The number of imide groups is 2. The van der Waals surface area contributed by atoms with Crippen molar-refractivity contribution in [3.63, 3.8) is 0 Å². The number of hydrogen-bond acceptors (Lipinski definition) is 3. The highest BCUT2D eigenvalue weighted by Gasteiger charge is 2.51. The number of anilines is 1. The molecule has 2 aromatic carbocycles. The molecule has 4 saturated carbocycles. The number of carbonyl (C=O) groups excluding carboxylic acids is 3. The van der Waals surface area contributed by atoms with Gasteiger partial charge < -0.3 is 0 Å². The first-order chi connectivity index (χ1) is 16.7. The van der Waals surface area contributed by atoms with Crippen LogP contribution in [-0.2, 0) is 15.0 Å². The Kier molecular flexibility index (Phi) is 5.03. The van der Waals surface area contributed by atoms with Crippen molar-refractivity contribution in [2.24, 2.45) is 17.8 Å². The van der Waals surface area contributed by atoms with Crippen LogP contribution in [0.1, 0.15) is 66.3 Å². The molecule has 35 heavy (non-hydrogen) atoms. The molecule has 4 bridgehead atoms. The smallest absolute Gasteiger partial charge is 0.273 e. The van der Waals surface area contributed by atoms with E-state index in [4.69, 9.17) is 0 Å². The van der Waals surface area contributed by atoms with Crippen LogP contribution >= 0.6 is 0 Å². The van der Waals surface area contributed by atoms with E-state index in [9.17, 15) is 14.4 Å². The summed E-state index contributed by atoms with van der Waals surface area (Å²) in [5, 5.41) is 2.36. The van der Waals surface area contributed by atoms with Gasteiger partial charge in [0.15, 0.2) is 0 Å². The second-order valence-corrected chi connectivity index (χ2v) is 11.5. The Morgan fingerprint density at radius 3 is 1.94 bits per heavy atom. The monoisotopic (exact) mass is 468 g/mol. The molecule has 0 radical (unpaired) electrons. The van der Waals surface area contributed by atoms with Gasteiger partial charge in [0.2, 0.25) is 0 Å². The molecule has 1 aliphatic heterocycles. The lowest BCUT2D eigenvalue weighted by Gasteiger charge is -2.57. The normalized spacial score (nSPS) is 30.8. The van der Waals surface area contributed by atoms with Gasteiger partial charge in [0.25, 0.3) is 11.8 Å². The summed E-state index contributed by atoms with van der Waals surface area (Å²) in [7, 11) is 0. The van der Waals surface area contributed by atoms with Gasteiger partial charge in [-0.25, -0.2) is 9.69 Å². The first-order valence-corrected chi connectivity index (χ1v) is 12.8. The van der Waals surface area contributed by atoms with Crippen molar-refractivity contribution in [3.8, 4) is 0 Å². The summed E-state index contributed by atoms with van der Waals surface area (Å²) in [6.45, 7) is 5.94. The predicted octanol–water partition coefficient (Wildman–Crippen LogP) is 5.75. The van der Waals surface area contributed by atoms with Crippen LogP contribution in [0.5, 0.6) is 0 Å². The Hall–Kier alpha value is -3.21. The molecular formula is C30H32N2O3. The molecule has 0 spiro atoms. The third-order valence-corrected chi connectivity index (χ3v) is 8.90. The molecule has 4 amide bonds. The third-order valence-electron chi connectivity index (χ3n) is 8.90. The van der Waals surface area contributed by atoms with Gasteiger partial charge >= 0.3 is 6.03 Å². The predicted molar refractivity (Wildman–Crippen MR) is 136 cm³/mol. The Labute approximate surface area is 206 Å². The summed E-state index contributed by atoms with van der Waals surface area (Å²) in [6, 6.07) is 11.3. The number of nitrogens with one attached hydrogen (secondary N) is 1. The highest BCUT2D eigenvalue weighted by molar-refractivity contribution is 6.39. The van der Waals surface area contributed by atoms with Gasteiger partial charge in [0, 0.05) is 0 Å². The first kappa shape index (κ1) is 22.3. The minimum Gasteiger partial charge on any atom is -0.273 e. The molecule has 5 heteroatoms. The number of aryl methyl sites for hydroxylation is 3. The van der Waals surface area contributed by atoms with Gasteiger partial charge in [0.1, 0.15) is 5.57 Å². The molecule has 1 saturated heterocycles. The zero-order valence-corrected chi connectivity index (χ0v) is 20.7. The fourth-order valence-corrected chi connectivity index (χ4v) is 7.88. The van der Waals surface area contributed by atoms with Crippen LogP contribution < -0.4 is 10.2 Å². The minimum atomic E-state index is -0.697. The van der Waals surface area contributed by atoms with Gasteiger partial charge in [-0.05, 0) is 123 Å². The number of urea groups is 1. The highest BCUT2D eigenvalue weighted by atomic mass is 16.2. The molecule has 0 unspecified atom stereocenters. The van der Waals surface area contributed by atoms with Gasteiger partial charge in [-0.15, -0.1) is 0 Å². The van der Waals surface area contributed by atoms with Crippen molar-refractivity contribution < 1.29 is 14.4 Å². The maximum atomic E-state index is 13.4. The quantitative estimate of drug-likeness (QED) is 0.461. The molecule has 2 aromatic rings. The second kappa shape index (κ2) is 7.91. The van der Waals surface area contributed by atoms with Crippen molar-refractivity contribution in [2.75, 3.05) is 4.90 Å². The van der Waals surface area contributed by atoms with E-state index in [1.807, 2.05) is 45.0 Å². The fraction of sp³-hybridized carbons (Fsp3) is 0.433. The maximum absolute atomic E-state index is 13.4. The SMILES string of the molecule is Cc1cc(C)c(/C=C2\C(=O)NC(=O)N(c3ccc(C45CC6CC(CC(C6)C4)C5)cc3)C2=O)c(C)c1. The molecule has 0 aromatic heterocycles. The zero-order chi connectivity index (χ0) is 24.5. The molecule has 180 valence electrons. The van der Waals surface area contributed by atoms with Crippen LogP contribution in [-0.4, -0.2) is 17.8 Å². The van der Waals surface area contributed by atoms with Gasteiger partial charge in [-0.3, -0.25) is 14.9 Å². The number of benzene rings is 2. The summed E-state index contributed by atoms with van der Waals surface area (Å²) >= 11 is 0. The third kappa shape index (κ3) is 3.64. The van der Waals surface area contributed by atoms with Crippen LogP contribution in [0, 0.1) is 38.5 Å². The zero-order valence-electron chi connectivity index (χ0n) is 20.7. The fourth-order valence-electron chi connectivity index (χ4n) is 7.88. The summed E-state index contributed by atoms with van der Waals surface area (Å²) in [5.41, 5.74) is 5.99. The molecule has 0 atom stereocenters. The molecule has 4 aliphatic carbocycles. The number of rotatable bonds is 3. The van der Waals surface area contributed by atoms with Crippen molar-refractivity contribution >= 4 is 29.6 Å². The summed E-state index contributed by atoms with van der Waals surface area (Å²) in [5.74, 6) is 1.31. The summed E-state index contributed by atoms with van der Waals surface area (Å²) in [4.78, 5) is 39.9. The van der Waals surface area contributed by atoms with Crippen LogP contribution in [0.25, 0.3) is 6.08 Å². The van der Waals surface area contributed by atoms with Crippen LogP contribution in [0.4, 0.5) is 10.5 Å². The van der Waals surface area contributed by atoms with Crippen LogP contribution in [0.2, 0.25) is 0 Å². The Bertz CT molecular complexity index is 1230. The number of nitrogens with zero attached hydrogens (tertiary/aromatic N) is 1. The van der Waals surface area contributed by atoms with Gasteiger partial charge in [-0.2, -0.15) is 0 Å². The average Bonchev–Trinajstić information content (AvgIpc) is 2.77. The second-order valence-electron chi connectivity index (χ2n) is 11.5. The van der Waals surface area contributed by atoms with Crippen LogP contribution in [0.15, 0.2) is 42.0 Å². The Morgan fingerprint density at radius 1 is 0.857 bits per heavy atom. The highest BCUT2D eigenvalue weighted by Crippen LogP contribution is 2.60. The molecule has 1 heterocycles. The van der Waals surface area contributed by atoms with Crippen LogP contribution in [0.3, 0.4) is 0 Å². The lowest BCUT2D eigenvalue weighted by Crippen LogP contribution is -2.54. The molecule has 5 aliphatic rings. The molecule has 1 N–H and O–H groups in total. The standard InChI is InChI=1S/C30H32N2O3/c1-17-8-18(2)25(19(3)9-17)13-26-27(33)31-29(35)32(28(26)34)24-6-4-23(5-7-24)30-14-20-10-21(15-30)12-22(11-20)16-30/h4-9,13,20-22H,10-12,14-16H2,1-3H3,(H,31,33,35)/b26-13+. The number of amides is 4. The van der Waals surface area contributed by atoms with E-state index in [0.29, 0.717) is 5.69 Å².